The lowest BCUT2D eigenvalue weighted by Crippen LogP contribution is -2.67. The maximum absolute atomic E-state index is 4.00. The topological polar surface area (TPSA) is 15.3 Å². The van der Waals surface area contributed by atoms with Gasteiger partial charge in [0.05, 0.1) is 0 Å². The number of hydrogen-bond acceptors (Lipinski definition) is 2. The van der Waals surface area contributed by atoms with Crippen molar-refractivity contribution in [2.75, 3.05) is 20.1 Å². The lowest BCUT2D eigenvalue weighted by molar-refractivity contribution is -0.0889. The molecule has 0 aromatic heterocycles. The predicted octanol–water partition coefficient (Wildman–Crippen LogP) is 2.89. The highest BCUT2D eigenvalue weighted by Gasteiger charge is 2.54. The standard InChI is InChI=1S/C17H30N2/c1-12-7-13-10-17(5-3-4-6-18-17)14-9-15(13)16(8-12)19(2)11-14/h12-16,18H,3-11H2,1-2H3/t12-,13+,14-,15-,16+,17-/m1/s1. The largest absolute Gasteiger partial charge is 0.311 e. The molecule has 2 aliphatic carbocycles. The molecule has 2 saturated carbocycles. The van der Waals surface area contributed by atoms with E-state index in [1.165, 1.54) is 58.0 Å². The average Bonchev–Trinajstić information content (AvgIpc) is 2.40. The van der Waals surface area contributed by atoms with Crippen molar-refractivity contribution in [2.45, 2.75) is 63.5 Å². The Morgan fingerprint density at radius 1 is 1.16 bits per heavy atom. The Morgan fingerprint density at radius 3 is 2.84 bits per heavy atom. The zero-order chi connectivity index (χ0) is 13.0. The Bertz CT molecular complexity index is 347. The van der Waals surface area contributed by atoms with Crippen LogP contribution in [0.15, 0.2) is 0 Å². The smallest absolute Gasteiger partial charge is 0.0224 e. The first kappa shape index (κ1) is 12.6. The van der Waals surface area contributed by atoms with Gasteiger partial charge in [-0.15, -0.1) is 0 Å². The summed E-state index contributed by atoms with van der Waals surface area (Å²) in [6.45, 7) is 5.12. The molecule has 2 aliphatic heterocycles. The van der Waals surface area contributed by atoms with Crippen LogP contribution in [0.25, 0.3) is 0 Å². The van der Waals surface area contributed by atoms with E-state index in [2.05, 4.69) is 24.2 Å². The van der Waals surface area contributed by atoms with Crippen LogP contribution in [0, 0.1) is 23.7 Å². The summed E-state index contributed by atoms with van der Waals surface area (Å²) in [6, 6.07) is 0.908. The van der Waals surface area contributed by atoms with Crippen LogP contribution >= 0.6 is 0 Å². The fourth-order valence-corrected chi connectivity index (χ4v) is 6.21. The molecule has 6 atom stereocenters. The van der Waals surface area contributed by atoms with Crippen molar-refractivity contribution < 1.29 is 0 Å². The van der Waals surface area contributed by atoms with Gasteiger partial charge in [0.25, 0.3) is 0 Å². The molecule has 2 heterocycles. The van der Waals surface area contributed by atoms with Crippen LogP contribution in [-0.2, 0) is 0 Å². The summed E-state index contributed by atoms with van der Waals surface area (Å²) in [5, 5.41) is 4.00. The molecule has 2 bridgehead atoms. The summed E-state index contributed by atoms with van der Waals surface area (Å²) < 4.78 is 0. The second kappa shape index (κ2) is 4.46. The molecule has 108 valence electrons. The monoisotopic (exact) mass is 262 g/mol. The molecule has 1 spiro atoms. The fourth-order valence-electron chi connectivity index (χ4n) is 6.21. The van der Waals surface area contributed by atoms with Crippen LogP contribution in [0.5, 0.6) is 0 Å². The highest BCUT2D eigenvalue weighted by Crippen LogP contribution is 2.54. The molecule has 0 unspecified atom stereocenters. The number of piperidine rings is 2. The average molecular weight is 262 g/mol. The van der Waals surface area contributed by atoms with Gasteiger partial charge in [0.2, 0.25) is 0 Å². The zero-order valence-electron chi connectivity index (χ0n) is 12.7. The Hall–Kier alpha value is -0.0800. The summed E-state index contributed by atoms with van der Waals surface area (Å²) >= 11 is 0. The van der Waals surface area contributed by atoms with E-state index in [0.29, 0.717) is 5.54 Å². The maximum atomic E-state index is 4.00. The maximum Gasteiger partial charge on any atom is 0.0224 e. The molecule has 4 aliphatic rings. The van der Waals surface area contributed by atoms with Gasteiger partial charge in [-0.2, -0.15) is 0 Å². The van der Waals surface area contributed by atoms with Crippen LogP contribution in [0.3, 0.4) is 0 Å². The van der Waals surface area contributed by atoms with Crippen molar-refractivity contribution >= 4 is 0 Å². The Morgan fingerprint density at radius 2 is 2.05 bits per heavy atom. The molecular weight excluding hydrogens is 232 g/mol. The Balaban J connectivity index is 1.65. The summed E-state index contributed by atoms with van der Waals surface area (Å²) in [6.07, 6.45) is 10.3. The van der Waals surface area contributed by atoms with Gasteiger partial charge in [0.1, 0.15) is 0 Å². The zero-order valence-corrected chi connectivity index (χ0v) is 12.7. The van der Waals surface area contributed by atoms with Crippen LogP contribution in [0.2, 0.25) is 0 Å². The fraction of sp³-hybridized carbons (Fsp3) is 1.00. The van der Waals surface area contributed by atoms with Gasteiger partial charge in [0.15, 0.2) is 0 Å². The first-order valence-corrected chi connectivity index (χ1v) is 8.63. The number of fused-ring (bicyclic) bond motifs is 2. The van der Waals surface area contributed by atoms with Crippen molar-refractivity contribution in [2.24, 2.45) is 23.7 Å². The van der Waals surface area contributed by atoms with E-state index in [4.69, 9.17) is 0 Å². The van der Waals surface area contributed by atoms with E-state index in [9.17, 15) is 0 Å². The molecule has 1 N–H and O–H groups in total. The van der Waals surface area contributed by atoms with E-state index in [1.807, 2.05) is 0 Å². The Kier molecular flexibility index (Phi) is 2.97. The second-order valence-corrected chi connectivity index (χ2v) is 8.18. The molecule has 2 heteroatoms. The van der Waals surface area contributed by atoms with E-state index in [0.717, 1.165) is 29.7 Å². The molecule has 0 aromatic carbocycles. The minimum absolute atomic E-state index is 0.524. The number of hydrogen-bond donors (Lipinski definition) is 1. The quantitative estimate of drug-likeness (QED) is 0.722. The predicted molar refractivity (Wildman–Crippen MR) is 79.1 cm³/mol. The molecule has 0 aromatic rings. The molecular formula is C17H30N2. The van der Waals surface area contributed by atoms with Gasteiger partial charge in [-0.3, -0.25) is 0 Å². The molecule has 19 heavy (non-hydrogen) atoms. The highest BCUT2D eigenvalue weighted by molar-refractivity contribution is 5.10. The van der Waals surface area contributed by atoms with Crippen LogP contribution in [-0.4, -0.2) is 36.6 Å². The third kappa shape index (κ3) is 1.90. The molecule has 0 radical (unpaired) electrons. The number of likely N-dealkylation sites (tertiary alicyclic amines) is 1. The van der Waals surface area contributed by atoms with Crippen LogP contribution < -0.4 is 5.32 Å². The summed E-state index contributed by atoms with van der Waals surface area (Å²) in [5.41, 5.74) is 0.524. The van der Waals surface area contributed by atoms with Crippen molar-refractivity contribution in [3.63, 3.8) is 0 Å². The van der Waals surface area contributed by atoms with Gasteiger partial charge in [-0.05, 0) is 75.8 Å². The molecule has 0 amide bonds. The van der Waals surface area contributed by atoms with Gasteiger partial charge in [-0.1, -0.05) is 13.3 Å². The number of nitrogens with zero attached hydrogens (tertiary/aromatic N) is 1. The van der Waals surface area contributed by atoms with Crippen LogP contribution in [0.1, 0.15) is 51.9 Å². The first-order chi connectivity index (χ1) is 9.18. The summed E-state index contributed by atoms with van der Waals surface area (Å²) in [7, 11) is 2.40. The highest BCUT2D eigenvalue weighted by atomic mass is 15.2. The number of nitrogens with one attached hydrogen (secondary N) is 1. The second-order valence-electron chi connectivity index (χ2n) is 8.18. The Labute approximate surface area is 118 Å². The van der Waals surface area contributed by atoms with Crippen molar-refractivity contribution in [3.8, 4) is 0 Å². The molecule has 4 fully saturated rings. The van der Waals surface area contributed by atoms with Crippen LogP contribution in [0.4, 0.5) is 0 Å². The normalized spacial score (nSPS) is 54.3. The van der Waals surface area contributed by atoms with E-state index < -0.39 is 0 Å². The van der Waals surface area contributed by atoms with E-state index in [-0.39, 0.29) is 0 Å². The lowest BCUT2D eigenvalue weighted by atomic mass is 9.53. The molecule has 2 nitrogen and oxygen atoms in total. The third-order valence-electron chi connectivity index (χ3n) is 7.01. The van der Waals surface area contributed by atoms with E-state index in [1.54, 1.807) is 0 Å². The minimum Gasteiger partial charge on any atom is -0.311 e. The lowest BCUT2D eigenvalue weighted by Gasteiger charge is -2.61. The van der Waals surface area contributed by atoms with E-state index >= 15 is 0 Å². The summed E-state index contributed by atoms with van der Waals surface area (Å²) in [4.78, 5) is 2.73. The SMILES string of the molecule is C[C@@H]1C[C@H]2C[C@]3(CCCCN3)[C@@H]3C[C@H]2[C@H](C1)N(C)C3. The first-order valence-electron chi connectivity index (χ1n) is 8.63. The van der Waals surface area contributed by atoms with Gasteiger partial charge in [0, 0.05) is 18.1 Å². The van der Waals surface area contributed by atoms with Gasteiger partial charge >= 0.3 is 0 Å². The van der Waals surface area contributed by atoms with Crippen molar-refractivity contribution in [1.29, 1.82) is 0 Å². The molecule has 4 rings (SSSR count). The van der Waals surface area contributed by atoms with Crippen molar-refractivity contribution in [1.82, 2.24) is 10.2 Å². The van der Waals surface area contributed by atoms with Gasteiger partial charge < -0.3 is 10.2 Å². The molecule has 2 saturated heterocycles. The minimum atomic E-state index is 0.524. The third-order valence-corrected chi connectivity index (χ3v) is 7.01. The number of rotatable bonds is 0. The summed E-state index contributed by atoms with van der Waals surface area (Å²) in [5.74, 6) is 3.92. The van der Waals surface area contributed by atoms with Gasteiger partial charge in [-0.25, -0.2) is 0 Å². The van der Waals surface area contributed by atoms with Crippen molar-refractivity contribution in [3.05, 3.63) is 0 Å².